The molecule has 2 heterocycles. The zero-order valence-corrected chi connectivity index (χ0v) is 14.5. The van der Waals surface area contributed by atoms with Crippen LogP contribution in [0.2, 0.25) is 0 Å². The normalized spacial score (nSPS) is 16.0. The largest absolute Gasteiger partial charge is 0.339 e. The Balaban J connectivity index is 1.67. The second-order valence-corrected chi connectivity index (χ2v) is 7.80. The van der Waals surface area contributed by atoms with Gasteiger partial charge in [-0.2, -0.15) is 0 Å². The molecule has 116 valence electrons. The fourth-order valence-electron chi connectivity index (χ4n) is 2.99. The van der Waals surface area contributed by atoms with Crippen LogP contribution < -0.4 is 0 Å². The van der Waals surface area contributed by atoms with Crippen LogP contribution in [0.4, 0.5) is 0 Å². The number of benzene rings is 1. The first-order valence-electron chi connectivity index (χ1n) is 7.84. The number of nitrogens with zero attached hydrogens (tertiary/aromatic N) is 1. The number of carbonyl (C=O) groups is 1. The van der Waals surface area contributed by atoms with Crippen molar-refractivity contribution >= 4 is 29.0 Å². The molecule has 0 N–H and O–H groups in total. The van der Waals surface area contributed by atoms with Gasteiger partial charge in [0.05, 0.1) is 5.56 Å². The quantitative estimate of drug-likeness (QED) is 0.744. The minimum Gasteiger partial charge on any atom is -0.339 e. The Labute approximate surface area is 140 Å². The van der Waals surface area contributed by atoms with Crippen LogP contribution in [0, 0.1) is 0 Å². The highest BCUT2D eigenvalue weighted by molar-refractivity contribution is 7.99. The molecule has 1 fully saturated rings. The van der Waals surface area contributed by atoms with Gasteiger partial charge in [-0.3, -0.25) is 4.79 Å². The number of hydrogen-bond donors (Lipinski definition) is 0. The van der Waals surface area contributed by atoms with E-state index in [1.807, 2.05) is 34.4 Å². The van der Waals surface area contributed by atoms with E-state index in [0.29, 0.717) is 5.92 Å². The fourth-order valence-corrected chi connectivity index (χ4v) is 4.68. The predicted molar refractivity (Wildman–Crippen MR) is 95.0 cm³/mol. The molecule has 0 spiro atoms. The third-order valence-electron chi connectivity index (χ3n) is 4.15. The SMILES string of the molecule is CCSc1ccccc1C(=O)N1CCC(c2cccs2)CC1. The molecule has 0 unspecified atom stereocenters. The van der Waals surface area contributed by atoms with Crippen molar-refractivity contribution in [3.63, 3.8) is 0 Å². The van der Waals surface area contributed by atoms with E-state index in [1.54, 1.807) is 11.8 Å². The van der Waals surface area contributed by atoms with Crippen LogP contribution in [0.1, 0.15) is 40.9 Å². The summed E-state index contributed by atoms with van der Waals surface area (Å²) in [7, 11) is 0. The van der Waals surface area contributed by atoms with Crippen molar-refractivity contribution in [3.8, 4) is 0 Å². The molecule has 0 aliphatic carbocycles. The molecule has 0 saturated carbocycles. The fraction of sp³-hybridized carbons (Fsp3) is 0.389. The van der Waals surface area contributed by atoms with Crippen molar-refractivity contribution in [3.05, 3.63) is 52.2 Å². The minimum atomic E-state index is 0.196. The maximum atomic E-state index is 12.8. The molecule has 1 aliphatic rings. The van der Waals surface area contributed by atoms with Gasteiger partial charge < -0.3 is 4.90 Å². The Kier molecular flexibility index (Phi) is 5.21. The molecule has 1 aliphatic heterocycles. The molecule has 1 saturated heterocycles. The third-order valence-corrected chi connectivity index (χ3v) is 6.14. The second-order valence-electron chi connectivity index (χ2n) is 5.51. The number of rotatable bonds is 4. The highest BCUT2D eigenvalue weighted by atomic mass is 32.2. The zero-order valence-electron chi connectivity index (χ0n) is 12.8. The van der Waals surface area contributed by atoms with E-state index in [-0.39, 0.29) is 5.91 Å². The van der Waals surface area contributed by atoms with Crippen molar-refractivity contribution in [1.29, 1.82) is 0 Å². The highest BCUT2D eigenvalue weighted by Crippen LogP contribution is 2.32. The molecule has 2 aromatic rings. The van der Waals surface area contributed by atoms with Crippen LogP contribution in [-0.4, -0.2) is 29.6 Å². The monoisotopic (exact) mass is 331 g/mol. The van der Waals surface area contributed by atoms with Crippen LogP contribution in [0.5, 0.6) is 0 Å². The summed E-state index contributed by atoms with van der Waals surface area (Å²) in [4.78, 5) is 17.4. The predicted octanol–water partition coefficient (Wildman–Crippen LogP) is 4.88. The Morgan fingerprint density at radius 2 is 2.00 bits per heavy atom. The van der Waals surface area contributed by atoms with Crippen molar-refractivity contribution in [2.45, 2.75) is 30.6 Å². The molecule has 1 amide bonds. The summed E-state index contributed by atoms with van der Waals surface area (Å²) in [6.45, 7) is 3.86. The summed E-state index contributed by atoms with van der Waals surface area (Å²) in [5.41, 5.74) is 0.865. The van der Waals surface area contributed by atoms with Crippen LogP contribution >= 0.6 is 23.1 Å². The number of amides is 1. The van der Waals surface area contributed by atoms with Crippen molar-refractivity contribution in [2.75, 3.05) is 18.8 Å². The number of piperidine rings is 1. The average molecular weight is 332 g/mol. The number of carbonyl (C=O) groups excluding carboxylic acids is 1. The molecule has 4 heteroatoms. The van der Waals surface area contributed by atoms with E-state index < -0.39 is 0 Å². The van der Waals surface area contributed by atoms with E-state index in [4.69, 9.17) is 0 Å². The first kappa shape index (κ1) is 15.6. The van der Waals surface area contributed by atoms with Gasteiger partial charge in [-0.15, -0.1) is 23.1 Å². The topological polar surface area (TPSA) is 20.3 Å². The standard InChI is InChI=1S/C18H21NOS2/c1-2-21-17-7-4-3-6-15(17)18(20)19-11-9-14(10-12-19)16-8-5-13-22-16/h3-8,13-14H,2,9-12H2,1H3. The molecular weight excluding hydrogens is 310 g/mol. The zero-order chi connectivity index (χ0) is 15.4. The van der Waals surface area contributed by atoms with Gasteiger partial charge in [0.2, 0.25) is 0 Å². The molecule has 0 bridgehead atoms. The van der Waals surface area contributed by atoms with Crippen molar-refractivity contribution < 1.29 is 4.79 Å². The van der Waals surface area contributed by atoms with E-state index in [1.165, 1.54) is 4.88 Å². The van der Waals surface area contributed by atoms with Crippen molar-refractivity contribution in [2.24, 2.45) is 0 Å². The van der Waals surface area contributed by atoms with Gasteiger partial charge in [0.25, 0.3) is 5.91 Å². The smallest absolute Gasteiger partial charge is 0.254 e. The summed E-state index contributed by atoms with van der Waals surface area (Å²) in [5.74, 6) is 1.82. The molecular formula is C18H21NOS2. The van der Waals surface area contributed by atoms with Gasteiger partial charge >= 0.3 is 0 Å². The molecule has 0 radical (unpaired) electrons. The summed E-state index contributed by atoms with van der Waals surface area (Å²) < 4.78 is 0. The lowest BCUT2D eigenvalue weighted by molar-refractivity contribution is 0.0710. The van der Waals surface area contributed by atoms with Crippen LogP contribution in [0.15, 0.2) is 46.7 Å². The Morgan fingerprint density at radius 3 is 2.68 bits per heavy atom. The van der Waals surface area contributed by atoms with Gasteiger partial charge in [-0.05, 0) is 48.1 Å². The number of hydrogen-bond acceptors (Lipinski definition) is 3. The number of likely N-dealkylation sites (tertiary alicyclic amines) is 1. The summed E-state index contributed by atoms with van der Waals surface area (Å²) in [6.07, 6.45) is 2.16. The molecule has 0 atom stereocenters. The maximum absolute atomic E-state index is 12.8. The number of thiophene rings is 1. The third kappa shape index (κ3) is 3.39. The summed E-state index contributed by atoms with van der Waals surface area (Å²) in [6, 6.07) is 12.3. The second kappa shape index (κ2) is 7.34. The van der Waals surface area contributed by atoms with Crippen LogP contribution in [0.25, 0.3) is 0 Å². The number of thioether (sulfide) groups is 1. The Bertz CT molecular complexity index is 616. The van der Waals surface area contributed by atoms with Gasteiger partial charge in [0.15, 0.2) is 0 Å². The van der Waals surface area contributed by atoms with Crippen LogP contribution in [-0.2, 0) is 0 Å². The van der Waals surface area contributed by atoms with Gasteiger partial charge in [-0.25, -0.2) is 0 Å². The molecule has 3 rings (SSSR count). The van der Waals surface area contributed by atoms with Gasteiger partial charge in [0, 0.05) is 22.9 Å². The average Bonchev–Trinajstić information content (AvgIpc) is 3.10. The summed E-state index contributed by atoms with van der Waals surface area (Å²) >= 11 is 3.58. The molecule has 22 heavy (non-hydrogen) atoms. The Hall–Kier alpha value is -1.26. The lowest BCUT2D eigenvalue weighted by Gasteiger charge is -2.32. The van der Waals surface area contributed by atoms with Crippen LogP contribution in [0.3, 0.4) is 0 Å². The maximum Gasteiger partial charge on any atom is 0.254 e. The van der Waals surface area contributed by atoms with E-state index >= 15 is 0 Å². The molecule has 1 aromatic carbocycles. The first-order chi connectivity index (χ1) is 10.8. The molecule has 2 nitrogen and oxygen atoms in total. The minimum absolute atomic E-state index is 0.196. The van der Waals surface area contributed by atoms with E-state index in [2.05, 4.69) is 30.5 Å². The van der Waals surface area contributed by atoms with Gasteiger partial charge in [0.1, 0.15) is 0 Å². The first-order valence-corrected chi connectivity index (χ1v) is 9.70. The van der Waals surface area contributed by atoms with Gasteiger partial charge in [-0.1, -0.05) is 25.1 Å². The highest BCUT2D eigenvalue weighted by Gasteiger charge is 2.26. The Morgan fingerprint density at radius 1 is 1.23 bits per heavy atom. The van der Waals surface area contributed by atoms with E-state index in [9.17, 15) is 4.79 Å². The summed E-state index contributed by atoms with van der Waals surface area (Å²) in [5, 5.41) is 2.14. The van der Waals surface area contributed by atoms with E-state index in [0.717, 1.165) is 42.1 Å². The molecule has 1 aromatic heterocycles. The van der Waals surface area contributed by atoms with Crippen molar-refractivity contribution in [1.82, 2.24) is 4.90 Å². The lowest BCUT2D eigenvalue weighted by atomic mass is 9.95. The lowest BCUT2D eigenvalue weighted by Crippen LogP contribution is -2.38.